The number of ether oxygens (including phenoxy) is 1. The zero-order valence-electron chi connectivity index (χ0n) is 12.9. The molecule has 4 heteroatoms. The second-order valence-corrected chi connectivity index (χ2v) is 5.19. The van der Waals surface area contributed by atoms with Crippen LogP contribution in [0.15, 0.2) is 42.0 Å². The molecule has 0 radical (unpaired) electrons. The van der Waals surface area contributed by atoms with Crippen LogP contribution in [0.3, 0.4) is 0 Å². The minimum atomic E-state index is -0.735. The third-order valence-electron chi connectivity index (χ3n) is 3.29. The molecule has 3 nitrogen and oxygen atoms in total. The molecule has 0 bridgehead atoms. The van der Waals surface area contributed by atoms with Gasteiger partial charge in [0.25, 0.3) is 5.24 Å². The summed E-state index contributed by atoms with van der Waals surface area (Å²) in [5.74, 6) is 0.792. The highest BCUT2D eigenvalue weighted by molar-refractivity contribution is 6.68. The van der Waals surface area contributed by atoms with E-state index < -0.39 is 5.24 Å². The molecule has 1 aromatic rings. The molecule has 1 rings (SSSR count). The van der Waals surface area contributed by atoms with Crippen LogP contribution in [0.25, 0.3) is 5.57 Å². The third kappa shape index (κ3) is 5.75. The fraction of sp³-hybridized carbons (Fsp3) is 0.333. The van der Waals surface area contributed by atoms with Crippen LogP contribution < -0.4 is 4.74 Å². The summed E-state index contributed by atoms with van der Waals surface area (Å²) in [7, 11) is 1.63. The van der Waals surface area contributed by atoms with E-state index in [1.54, 1.807) is 13.2 Å². The van der Waals surface area contributed by atoms with Crippen LogP contribution in [0, 0.1) is 11.3 Å². The Morgan fingerprint density at radius 1 is 1.27 bits per heavy atom. The second-order valence-electron chi connectivity index (χ2n) is 4.84. The lowest BCUT2D eigenvalue weighted by Gasteiger charge is -2.08. The van der Waals surface area contributed by atoms with Gasteiger partial charge in [0, 0.05) is 0 Å². The van der Waals surface area contributed by atoms with Crippen molar-refractivity contribution in [2.24, 2.45) is 0 Å². The largest absolute Gasteiger partial charge is 0.497 e. The maximum Gasteiger partial charge on any atom is 0.262 e. The first kappa shape index (κ1) is 18.0. The maximum atomic E-state index is 11.1. The predicted molar refractivity (Wildman–Crippen MR) is 89.7 cm³/mol. The first-order valence-corrected chi connectivity index (χ1v) is 7.65. The average Bonchev–Trinajstić information content (AvgIpc) is 2.53. The lowest BCUT2D eigenvalue weighted by molar-refractivity contribution is -0.108. The number of hydrogen-bond acceptors (Lipinski definition) is 3. The van der Waals surface area contributed by atoms with E-state index in [9.17, 15) is 4.79 Å². The predicted octanol–water partition coefficient (Wildman–Crippen LogP) is 4.87. The minimum absolute atomic E-state index is 0.0526. The average molecular weight is 318 g/mol. The van der Waals surface area contributed by atoms with Gasteiger partial charge in [0.1, 0.15) is 17.4 Å². The third-order valence-corrected chi connectivity index (χ3v) is 3.50. The molecule has 0 aliphatic heterocycles. The topological polar surface area (TPSA) is 50.1 Å². The summed E-state index contributed by atoms with van der Waals surface area (Å²) in [6, 6.07) is 9.54. The number of carbonyl (C=O) groups is 1. The van der Waals surface area contributed by atoms with Crippen LogP contribution in [0.4, 0.5) is 0 Å². The summed E-state index contributed by atoms with van der Waals surface area (Å²) in [5, 5.41) is 8.16. The Morgan fingerprint density at radius 2 is 1.95 bits per heavy atom. The Balaban J connectivity index is 3.05. The van der Waals surface area contributed by atoms with Gasteiger partial charge in [-0.2, -0.15) is 5.26 Å². The number of nitrogens with zero attached hydrogens (tertiary/aromatic N) is 1. The van der Waals surface area contributed by atoms with Gasteiger partial charge < -0.3 is 4.74 Å². The van der Waals surface area contributed by atoms with Gasteiger partial charge in [0.2, 0.25) is 0 Å². The molecule has 0 aliphatic rings. The first-order valence-electron chi connectivity index (χ1n) is 7.27. The van der Waals surface area contributed by atoms with Gasteiger partial charge in [-0.1, -0.05) is 38.0 Å². The molecular weight excluding hydrogens is 298 g/mol. The van der Waals surface area contributed by atoms with E-state index in [2.05, 4.69) is 6.92 Å². The summed E-state index contributed by atoms with van der Waals surface area (Å²) in [6.07, 6.45) is 7.49. The van der Waals surface area contributed by atoms with Crippen LogP contribution in [-0.4, -0.2) is 12.4 Å². The van der Waals surface area contributed by atoms with Crippen LogP contribution in [-0.2, 0) is 4.79 Å². The number of hydrogen-bond donors (Lipinski definition) is 0. The number of carbonyl (C=O) groups excluding carboxylic acids is 1. The molecule has 1 aromatic carbocycles. The highest BCUT2D eigenvalue weighted by Gasteiger charge is 2.05. The van der Waals surface area contributed by atoms with Gasteiger partial charge in [0.05, 0.1) is 7.11 Å². The number of halogens is 1. The van der Waals surface area contributed by atoms with Gasteiger partial charge in [-0.15, -0.1) is 0 Å². The number of rotatable bonds is 8. The summed E-state index contributed by atoms with van der Waals surface area (Å²) in [6.45, 7) is 2.15. The maximum absolute atomic E-state index is 11.1. The zero-order chi connectivity index (χ0) is 16.4. The first-order chi connectivity index (χ1) is 10.6. The van der Waals surface area contributed by atoms with Crippen LogP contribution in [0.5, 0.6) is 5.75 Å². The normalized spacial score (nSPS) is 11.9. The molecule has 0 aromatic heterocycles. The monoisotopic (exact) mass is 317 g/mol. The number of nitriles is 1. The lowest BCUT2D eigenvalue weighted by atomic mass is 9.98. The standard InChI is InChI=1S/C18H20ClNO2/c1-3-4-5-6-14(7-8-16(13-20)18(19)21)15-9-11-17(22-2)12-10-15/h7-12H,3-6H2,1-2H3. The highest BCUT2D eigenvalue weighted by atomic mass is 35.5. The van der Waals surface area contributed by atoms with Crippen LogP contribution in [0.1, 0.15) is 38.2 Å². The van der Waals surface area contributed by atoms with Crippen molar-refractivity contribution < 1.29 is 9.53 Å². The fourth-order valence-electron chi connectivity index (χ4n) is 2.03. The molecule has 0 atom stereocenters. The summed E-state index contributed by atoms with van der Waals surface area (Å²) in [4.78, 5) is 11.1. The molecule has 0 aliphatic carbocycles. The molecule has 0 fully saturated rings. The Hall–Kier alpha value is -2.05. The molecule has 0 unspecified atom stereocenters. The Morgan fingerprint density at radius 3 is 2.45 bits per heavy atom. The van der Waals surface area contributed by atoms with Gasteiger partial charge in [-0.3, -0.25) is 4.79 Å². The summed E-state index contributed by atoms with van der Waals surface area (Å²) < 4.78 is 5.16. The summed E-state index contributed by atoms with van der Waals surface area (Å²) >= 11 is 5.36. The molecule has 116 valence electrons. The number of allylic oxidation sites excluding steroid dienone is 4. The molecule has 0 heterocycles. The minimum Gasteiger partial charge on any atom is -0.497 e. The van der Waals surface area contributed by atoms with Crippen molar-refractivity contribution in [1.29, 1.82) is 5.26 Å². The van der Waals surface area contributed by atoms with Crippen molar-refractivity contribution >= 4 is 22.4 Å². The molecule has 0 spiro atoms. The fourth-order valence-corrected chi connectivity index (χ4v) is 2.13. The molecular formula is C18H20ClNO2. The van der Waals surface area contributed by atoms with Gasteiger partial charge in [-0.25, -0.2) is 0 Å². The van der Waals surface area contributed by atoms with Crippen molar-refractivity contribution in [3.8, 4) is 11.8 Å². The van der Waals surface area contributed by atoms with Crippen molar-refractivity contribution in [3.05, 3.63) is 47.6 Å². The quantitative estimate of drug-likeness (QED) is 0.226. The van der Waals surface area contributed by atoms with E-state index >= 15 is 0 Å². The van der Waals surface area contributed by atoms with E-state index in [1.165, 1.54) is 6.08 Å². The van der Waals surface area contributed by atoms with Crippen molar-refractivity contribution in [2.45, 2.75) is 32.6 Å². The van der Waals surface area contributed by atoms with Crippen molar-refractivity contribution in [3.63, 3.8) is 0 Å². The molecule has 0 saturated heterocycles. The smallest absolute Gasteiger partial charge is 0.262 e. The summed E-state index contributed by atoms with van der Waals surface area (Å²) in [5.41, 5.74) is 2.07. The van der Waals surface area contributed by atoms with E-state index in [0.29, 0.717) is 0 Å². The molecule has 0 amide bonds. The zero-order valence-corrected chi connectivity index (χ0v) is 13.7. The molecule has 0 N–H and O–H groups in total. The van der Waals surface area contributed by atoms with E-state index in [1.807, 2.05) is 30.3 Å². The lowest BCUT2D eigenvalue weighted by Crippen LogP contribution is -1.91. The number of methoxy groups -OCH3 is 1. The Labute approximate surface area is 136 Å². The molecule has 22 heavy (non-hydrogen) atoms. The van der Waals surface area contributed by atoms with E-state index in [4.69, 9.17) is 21.6 Å². The van der Waals surface area contributed by atoms with Crippen molar-refractivity contribution in [1.82, 2.24) is 0 Å². The Bertz CT molecular complexity index is 595. The van der Waals surface area contributed by atoms with Crippen LogP contribution >= 0.6 is 11.6 Å². The van der Waals surface area contributed by atoms with Gasteiger partial charge in [0.15, 0.2) is 0 Å². The van der Waals surface area contributed by atoms with E-state index in [0.717, 1.165) is 42.6 Å². The van der Waals surface area contributed by atoms with Crippen molar-refractivity contribution in [2.75, 3.05) is 7.11 Å². The second kappa shape index (κ2) is 9.81. The Kier molecular flexibility index (Phi) is 8.03. The van der Waals surface area contributed by atoms with Crippen LogP contribution in [0.2, 0.25) is 0 Å². The number of benzene rings is 1. The SMILES string of the molecule is CCCCCC(=CC=C(C#N)C(=O)Cl)c1ccc(OC)cc1. The molecule has 0 saturated carbocycles. The van der Waals surface area contributed by atoms with Gasteiger partial charge in [-0.05, 0) is 53.8 Å². The number of unbranched alkanes of at least 4 members (excludes halogenated alkanes) is 2. The highest BCUT2D eigenvalue weighted by Crippen LogP contribution is 2.24. The van der Waals surface area contributed by atoms with E-state index in [-0.39, 0.29) is 5.57 Å². The van der Waals surface area contributed by atoms with Gasteiger partial charge >= 0.3 is 0 Å².